The maximum absolute atomic E-state index is 12.7. The third-order valence-electron chi connectivity index (χ3n) is 5.20. The number of benzene rings is 2. The summed E-state index contributed by atoms with van der Waals surface area (Å²) in [5, 5.41) is 2.79. The minimum Gasteiger partial charge on any atom is -0.345 e. The van der Waals surface area contributed by atoms with E-state index in [-0.39, 0.29) is 48.7 Å². The summed E-state index contributed by atoms with van der Waals surface area (Å²) < 4.78 is 23.1. The first-order chi connectivity index (χ1) is 13.9. The van der Waals surface area contributed by atoms with Crippen LogP contribution in [-0.2, 0) is 19.4 Å². The molecule has 7 heteroatoms. The van der Waals surface area contributed by atoms with E-state index in [1.54, 1.807) is 6.92 Å². The van der Waals surface area contributed by atoms with Gasteiger partial charge in [-0.1, -0.05) is 60.7 Å². The van der Waals surface area contributed by atoms with Gasteiger partial charge in [0.25, 0.3) is 0 Å². The molecule has 0 aliphatic carbocycles. The van der Waals surface area contributed by atoms with E-state index in [1.165, 1.54) is 4.90 Å². The standard InChI is InChI=1S/C22H26N2O4S/c1-17(22(26)24-12-14-29(27,28)15-13-24)23-21(25)16-20(18-8-4-2-5-9-18)19-10-6-3-7-11-19/h2-11,17,20H,12-16H2,1H3,(H,23,25). The maximum atomic E-state index is 12.7. The van der Waals surface area contributed by atoms with Gasteiger partial charge in [0.15, 0.2) is 9.84 Å². The Balaban J connectivity index is 1.65. The van der Waals surface area contributed by atoms with Crippen molar-refractivity contribution in [2.24, 2.45) is 0 Å². The Labute approximate surface area is 171 Å². The van der Waals surface area contributed by atoms with Crippen LogP contribution in [0.3, 0.4) is 0 Å². The third-order valence-corrected chi connectivity index (χ3v) is 6.81. The molecular weight excluding hydrogens is 388 g/mol. The second kappa shape index (κ2) is 9.22. The van der Waals surface area contributed by atoms with Crippen molar-refractivity contribution < 1.29 is 18.0 Å². The highest BCUT2D eigenvalue weighted by Crippen LogP contribution is 2.27. The van der Waals surface area contributed by atoms with Crippen molar-refractivity contribution in [3.8, 4) is 0 Å². The molecule has 0 saturated carbocycles. The quantitative estimate of drug-likeness (QED) is 0.783. The third kappa shape index (κ3) is 5.67. The summed E-state index contributed by atoms with van der Waals surface area (Å²) in [7, 11) is -3.06. The average molecular weight is 415 g/mol. The Bertz CT molecular complexity index is 892. The largest absolute Gasteiger partial charge is 0.345 e. The van der Waals surface area contributed by atoms with Gasteiger partial charge in [-0.05, 0) is 18.1 Å². The number of rotatable bonds is 6. The molecule has 6 nitrogen and oxygen atoms in total. The minimum absolute atomic E-state index is 0.0243. The van der Waals surface area contributed by atoms with Crippen molar-refractivity contribution in [2.45, 2.75) is 25.3 Å². The first kappa shape index (κ1) is 21.0. The fourth-order valence-electron chi connectivity index (χ4n) is 3.55. The van der Waals surface area contributed by atoms with Crippen molar-refractivity contribution >= 4 is 21.7 Å². The van der Waals surface area contributed by atoms with E-state index in [1.807, 2.05) is 60.7 Å². The zero-order valence-corrected chi connectivity index (χ0v) is 17.3. The van der Waals surface area contributed by atoms with Gasteiger partial charge in [-0.3, -0.25) is 9.59 Å². The summed E-state index contributed by atoms with van der Waals surface area (Å²) in [6.07, 6.45) is 0.222. The van der Waals surface area contributed by atoms with Crippen LogP contribution in [0.4, 0.5) is 0 Å². The van der Waals surface area contributed by atoms with Crippen molar-refractivity contribution in [1.82, 2.24) is 10.2 Å². The van der Waals surface area contributed by atoms with Crippen molar-refractivity contribution in [3.05, 3.63) is 71.8 Å². The molecule has 154 valence electrons. The Morgan fingerprint density at radius 2 is 1.41 bits per heavy atom. The molecule has 0 bridgehead atoms. The van der Waals surface area contributed by atoms with Gasteiger partial charge in [-0.25, -0.2) is 8.42 Å². The number of hydrogen-bond acceptors (Lipinski definition) is 4. The number of sulfone groups is 1. The molecule has 1 saturated heterocycles. The van der Waals surface area contributed by atoms with Crippen molar-refractivity contribution in [2.75, 3.05) is 24.6 Å². The van der Waals surface area contributed by atoms with E-state index in [2.05, 4.69) is 5.32 Å². The van der Waals surface area contributed by atoms with Gasteiger partial charge in [-0.15, -0.1) is 0 Å². The summed E-state index contributed by atoms with van der Waals surface area (Å²) >= 11 is 0. The summed E-state index contributed by atoms with van der Waals surface area (Å²) in [4.78, 5) is 26.8. The molecule has 1 aliphatic heterocycles. The van der Waals surface area contributed by atoms with Gasteiger partial charge in [-0.2, -0.15) is 0 Å². The second-order valence-electron chi connectivity index (χ2n) is 7.34. The molecule has 2 amide bonds. The zero-order valence-electron chi connectivity index (χ0n) is 16.5. The van der Waals surface area contributed by atoms with E-state index in [0.717, 1.165) is 11.1 Å². The molecule has 2 aromatic carbocycles. The molecule has 1 N–H and O–H groups in total. The van der Waals surface area contributed by atoms with E-state index >= 15 is 0 Å². The Hall–Kier alpha value is -2.67. The molecule has 0 radical (unpaired) electrons. The number of carbonyl (C=O) groups is 2. The predicted molar refractivity (Wildman–Crippen MR) is 112 cm³/mol. The van der Waals surface area contributed by atoms with Gasteiger partial charge in [0, 0.05) is 25.4 Å². The van der Waals surface area contributed by atoms with Gasteiger partial charge in [0.05, 0.1) is 11.5 Å². The van der Waals surface area contributed by atoms with Crippen LogP contribution in [0.2, 0.25) is 0 Å². The average Bonchev–Trinajstić information content (AvgIpc) is 2.73. The SMILES string of the molecule is CC(NC(=O)CC(c1ccccc1)c1ccccc1)C(=O)N1CCS(=O)(=O)CC1. The molecule has 2 aromatic rings. The molecular formula is C22H26N2O4S. The highest BCUT2D eigenvalue weighted by atomic mass is 32.2. The molecule has 1 heterocycles. The molecule has 0 spiro atoms. The van der Waals surface area contributed by atoms with E-state index in [0.29, 0.717) is 0 Å². The Morgan fingerprint density at radius 1 is 0.931 bits per heavy atom. The fourth-order valence-corrected chi connectivity index (χ4v) is 4.75. The number of nitrogens with one attached hydrogen (secondary N) is 1. The predicted octanol–water partition coefficient (Wildman–Crippen LogP) is 1.97. The zero-order chi connectivity index (χ0) is 20.9. The van der Waals surface area contributed by atoms with Crippen LogP contribution in [0.15, 0.2) is 60.7 Å². The molecule has 1 aliphatic rings. The smallest absolute Gasteiger partial charge is 0.244 e. The Kier molecular flexibility index (Phi) is 6.69. The van der Waals surface area contributed by atoms with Crippen LogP contribution in [-0.4, -0.2) is 55.8 Å². The van der Waals surface area contributed by atoms with Gasteiger partial charge in [0.1, 0.15) is 6.04 Å². The summed E-state index contributed by atoms with van der Waals surface area (Å²) in [5.41, 5.74) is 2.07. The van der Waals surface area contributed by atoms with E-state index < -0.39 is 15.9 Å². The summed E-state index contributed by atoms with van der Waals surface area (Å²) in [5.74, 6) is -0.621. The van der Waals surface area contributed by atoms with Gasteiger partial charge in [0.2, 0.25) is 11.8 Å². The lowest BCUT2D eigenvalue weighted by Crippen LogP contribution is -2.51. The molecule has 1 unspecified atom stereocenters. The minimum atomic E-state index is -3.06. The lowest BCUT2D eigenvalue weighted by molar-refractivity contribution is -0.135. The number of amides is 2. The topological polar surface area (TPSA) is 83.6 Å². The maximum Gasteiger partial charge on any atom is 0.244 e. The molecule has 1 fully saturated rings. The number of hydrogen-bond donors (Lipinski definition) is 1. The van der Waals surface area contributed by atoms with Gasteiger partial charge < -0.3 is 10.2 Å². The van der Waals surface area contributed by atoms with Crippen LogP contribution < -0.4 is 5.32 Å². The van der Waals surface area contributed by atoms with Crippen LogP contribution >= 0.6 is 0 Å². The highest BCUT2D eigenvalue weighted by molar-refractivity contribution is 7.91. The molecule has 0 aromatic heterocycles. The lowest BCUT2D eigenvalue weighted by Gasteiger charge is -2.29. The van der Waals surface area contributed by atoms with Crippen LogP contribution in [0, 0.1) is 0 Å². The summed E-state index contributed by atoms with van der Waals surface area (Å²) in [6.45, 7) is 2.00. The van der Waals surface area contributed by atoms with Crippen molar-refractivity contribution in [3.63, 3.8) is 0 Å². The van der Waals surface area contributed by atoms with Crippen LogP contribution in [0.1, 0.15) is 30.4 Å². The molecule has 29 heavy (non-hydrogen) atoms. The molecule has 3 rings (SSSR count). The first-order valence-corrected chi connectivity index (χ1v) is 11.6. The highest BCUT2D eigenvalue weighted by Gasteiger charge is 2.29. The fraction of sp³-hybridized carbons (Fsp3) is 0.364. The number of nitrogens with zero attached hydrogens (tertiary/aromatic N) is 1. The second-order valence-corrected chi connectivity index (χ2v) is 9.65. The van der Waals surface area contributed by atoms with E-state index in [4.69, 9.17) is 0 Å². The van der Waals surface area contributed by atoms with E-state index in [9.17, 15) is 18.0 Å². The first-order valence-electron chi connectivity index (χ1n) is 9.74. The van der Waals surface area contributed by atoms with Crippen LogP contribution in [0.25, 0.3) is 0 Å². The Morgan fingerprint density at radius 3 is 1.90 bits per heavy atom. The normalized spacial score (nSPS) is 17.0. The van der Waals surface area contributed by atoms with Crippen LogP contribution in [0.5, 0.6) is 0 Å². The number of carbonyl (C=O) groups excluding carboxylic acids is 2. The lowest BCUT2D eigenvalue weighted by atomic mass is 9.88. The van der Waals surface area contributed by atoms with Crippen molar-refractivity contribution in [1.29, 1.82) is 0 Å². The summed E-state index contributed by atoms with van der Waals surface area (Å²) in [6, 6.07) is 18.9. The monoisotopic (exact) mass is 414 g/mol. The molecule has 1 atom stereocenters. The van der Waals surface area contributed by atoms with Gasteiger partial charge >= 0.3 is 0 Å².